The van der Waals surface area contributed by atoms with Crippen molar-refractivity contribution in [1.82, 2.24) is 4.72 Å². The van der Waals surface area contributed by atoms with E-state index in [1.165, 1.54) is 12.8 Å². The Balaban J connectivity index is 1.92. The van der Waals surface area contributed by atoms with Gasteiger partial charge in [-0.15, -0.1) is 11.6 Å². The predicted molar refractivity (Wildman–Crippen MR) is 58.5 cm³/mol. The Kier molecular flexibility index (Phi) is 3.55. The molecule has 0 aromatic rings. The van der Waals surface area contributed by atoms with E-state index in [1.54, 1.807) is 0 Å². The molecule has 0 aromatic carbocycles. The molecule has 4 nitrogen and oxygen atoms in total. The highest BCUT2D eigenvalue weighted by atomic mass is 35.5. The van der Waals surface area contributed by atoms with Gasteiger partial charge in [0.1, 0.15) is 0 Å². The molecule has 1 aliphatic heterocycles. The van der Waals surface area contributed by atoms with E-state index in [1.807, 2.05) is 0 Å². The third-order valence-corrected chi connectivity index (χ3v) is 4.72. The van der Waals surface area contributed by atoms with Crippen LogP contribution in [0.1, 0.15) is 19.3 Å². The highest BCUT2D eigenvalue weighted by molar-refractivity contribution is 7.89. The second kappa shape index (κ2) is 4.57. The molecule has 15 heavy (non-hydrogen) atoms. The summed E-state index contributed by atoms with van der Waals surface area (Å²) in [7, 11) is -3.22. The molecule has 2 rings (SSSR count). The summed E-state index contributed by atoms with van der Waals surface area (Å²) in [5, 5.41) is 0. The number of nitrogens with one attached hydrogen (secondary N) is 1. The zero-order valence-corrected chi connectivity index (χ0v) is 10.1. The molecule has 1 aliphatic carbocycles. The van der Waals surface area contributed by atoms with Gasteiger partial charge >= 0.3 is 0 Å². The Morgan fingerprint density at radius 1 is 1.33 bits per heavy atom. The van der Waals surface area contributed by atoms with Crippen LogP contribution in [-0.2, 0) is 14.8 Å². The molecule has 2 fully saturated rings. The maximum absolute atomic E-state index is 11.5. The van der Waals surface area contributed by atoms with Crippen LogP contribution in [0.25, 0.3) is 0 Å². The zero-order valence-electron chi connectivity index (χ0n) is 8.49. The van der Waals surface area contributed by atoms with Gasteiger partial charge in [0.2, 0.25) is 10.0 Å². The molecule has 0 bridgehead atoms. The van der Waals surface area contributed by atoms with Crippen molar-refractivity contribution in [2.75, 3.05) is 18.2 Å². The van der Waals surface area contributed by atoms with Crippen molar-refractivity contribution >= 4 is 21.6 Å². The number of hydrogen-bond donors (Lipinski definition) is 1. The van der Waals surface area contributed by atoms with Gasteiger partial charge < -0.3 is 4.74 Å². The molecule has 1 saturated carbocycles. The lowest BCUT2D eigenvalue weighted by Crippen LogP contribution is -2.42. The van der Waals surface area contributed by atoms with Crippen molar-refractivity contribution in [1.29, 1.82) is 0 Å². The fourth-order valence-corrected chi connectivity index (χ4v) is 3.66. The van der Waals surface area contributed by atoms with Crippen molar-refractivity contribution in [3.05, 3.63) is 0 Å². The average molecular weight is 254 g/mol. The summed E-state index contributed by atoms with van der Waals surface area (Å²) >= 11 is 5.43. The van der Waals surface area contributed by atoms with Gasteiger partial charge in [0.25, 0.3) is 0 Å². The van der Waals surface area contributed by atoms with E-state index in [0.717, 1.165) is 6.42 Å². The van der Waals surface area contributed by atoms with Crippen LogP contribution in [0, 0.1) is 5.92 Å². The van der Waals surface area contributed by atoms with Gasteiger partial charge in [-0.25, -0.2) is 13.1 Å². The third kappa shape index (κ3) is 3.06. The van der Waals surface area contributed by atoms with E-state index >= 15 is 0 Å². The summed E-state index contributed by atoms with van der Waals surface area (Å²) < 4.78 is 31.3. The standard InChI is InChI=1S/C9H16ClNO3S/c10-4-6-15(12,13)11-8-3-5-14-9(8)7-1-2-7/h7-9,11H,1-6H2. The quantitative estimate of drug-likeness (QED) is 0.735. The van der Waals surface area contributed by atoms with Gasteiger partial charge in [-0.3, -0.25) is 0 Å². The lowest BCUT2D eigenvalue weighted by molar-refractivity contribution is 0.0848. The Morgan fingerprint density at radius 3 is 2.67 bits per heavy atom. The Labute approximate surface area is 95.4 Å². The van der Waals surface area contributed by atoms with Crippen LogP contribution in [-0.4, -0.2) is 38.8 Å². The molecule has 2 aliphatic rings. The normalized spacial score (nSPS) is 32.1. The fourth-order valence-electron chi connectivity index (χ4n) is 2.02. The number of rotatable bonds is 5. The molecular weight excluding hydrogens is 238 g/mol. The monoisotopic (exact) mass is 253 g/mol. The van der Waals surface area contributed by atoms with Gasteiger partial charge in [-0.05, 0) is 25.2 Å². The molecule has 6 heteroatoms. The van der Waals surface area contributed by atoms with E-state index < -0.39 is 10.0 Å². The Hall–Kier alpha value is 0.160. The molecule has 0 amide bonds. The lowest BCUT2D eigenvalue weighted by Gasteiger charge is -2.18. The predicted octanol–water partition coefficient (Wildman–Crippen LogP) is 0.712. The van der Waals surface area contributed by atoms with Gasteiger partial charge in [-0.1, -0.05) is 0 Å². The number of alkyl halides is 1. The van der Waals surface area contributed by atoms with Crippen LogP contribution in [0.2, 0.25) is 0 Å². The highest BCUT2D eigenvalue weighted by Gasteiger charge is 2.41. The lowest BCUT2D eigenvalue weighted by atomic mass is 10.1. The first kappa shape index (κ1) is 11.6. The highest BCUT2D eigenvalue weighted by Crippen LogP contribution is 2.38. The second-order valence-electron chi connectivity index (χ2n) is 4.19. The number of hydrogen-bond acceptors (Lipinski definition) is 3. The van der Waals surface area contributed by atoms with Gasteiger partial charge in [-0.2, -0.15) is 0 Å². The van der Waals surface area contributed by atoms with Crippen LogP contribution in [0.3, 0.4) is 0 Å². The second-order valence-corrected chi connectivity index (χ2v) is 6.45. The first-order chi connectivity index (χ1) is 7.12. The maximum Gasteiger partial charge on any atom is 0.213 e. The zero-order chi connectivity index (χ0) is 10.9. The minimum absolute atomic E-state index is 0.0115. The van der Waals surface area contributed by atoms with E-state index in [4.69, 9.17) is 16.3 Å². The van der Waals surface area contributed by atoms with Crippen molar-refractivity contribution in [2.45, 2.75) is 31.4 Å². The van der Waals surface area contributed by atoms with Crippen LogP contribution in [0.15, 0.2) is 0 Å². The number of halogens is 1. The summed E-state index contributed by atoms with van der Waals surface area (Å²) in [6.07, 6.45) is 3.20. The fraction of sp³-hybridized carbons (Fsp3) is 1.00. The first-order valence-electron chi connectivity index (χ1n) is 5.30. The van der Waals surface area contributed by atoms with Crippen LogP contribution in [0.5, 0.6) is 0 Å². The summed E-state index contributed by atoms with van der Waals surface area (Å²) in [4.78, 5) is 0. The van der Waals surface area contributed by atoms with Crippen LogP contribution < -0.4 is 4.72 Å². The van der Waals surface area contributed by atoms with E-state index in [-0.39, 0.29) is 23.8 Å². The first-order valence-corrected chi connectivity index (χ1v) is 7.48. The largest absolute Gasteiger partial charge is 0.376 e. The molecule has 2 unspecified atom stereocenters. The SMILES string of the molecule is O=S(=O)(CCCl)NC1CCOC1C1CC1. The molecule has 1 N–H and O–H groups in total. The minimum atomic E-state index is -3.22. The molecule has 0 spiro atoms. The topological polar surface area (TPSA) is 55.4 Å². The minimum Gasteiger partial charge on any atom is -0.376 e. The van der Waals surface area contributed by atoms with E-state index in [2.05, 4.69) is 4.72 Å². The molecule has 0 aromatic heterocycles. The maximum atomic E-state index is 11.5. The summed E-state index contributed by atoms with van der Waals surface area (Å²) in [5.41, 5.74) is 0. The van der Waals surface area contributed by atoms with Crippen molar-refractivity contribution in [3.8, 4) is 0 Å². The van der Waals surface area contributed by atoms with Crippen LogP contribution in [0.4, 0.5) is 0 Å². The Morgan fingerprint density at radius 2 is 2.07 bits per heavy atom. The van der Waals surface area contributed by atoms with Gasteiger partial charge in [0, 0.05) is 12.5 Å². The smallest absolute Gasteiger partial charge is 0.213 e. The summed E-state index contributed by atoms with van der Waals surface area (Å²) in [6.45, 7) is 0.662. The molecular formula is C9H16ClNO3S. The summed E-state index contributed by atoms with van der Waals surface area (Å²) in [5.74, 6) is 0.690. The van der Waals surface area contributed by atoms with Gasteiger partial charge in [0.05, 0.1) is 17.9 Å². The van der Waals surface area contributed by atoms with Crippen molar-refractivity contribution in [3.63, 3.8) is 0 Å². The average Bonchev–Trinajstić information content (AvgIpc) is 2.88. The number of sulfonamides is 1. The Bertz CT molecular complexity index is 315. The molecule has 88 valence electrons. The molecule has 2 atom stereocenters. The number of ether oxygens (including phenoxy) is 1. The summed E-state index contributed by atoms with van der Waals surface area (Å²) in [6, 6.07) is -0.0364. The van der Waals surface area contributed by atoms with E-state index in [0.29, 0.717) is 12.5 Å². The third-order valence-electron chi connectivity index (χ3n) is 2.90. The molecule has 0 radical (unpaired) electrons. The van der Waals surface area contributed by atoms with Crippen molar-refractivity contribution < 1.29 is 13.2 Å². The molecule has 1 heterocycles. The molecule has 1 saturated heterocycles. The van der Waals surface area contributed by atoms with Gasteiger partial charge in [0.15, 0.2) is 0 Å². The van der Waals surface area contributed by atoms with Crippen LogP contribution >= 0.6 is 11.6 Å². The van der Waals surface area contributed by atoms with Crippen molar-refractivity contribution in [2.24, 2.45) is 5.92 Å². The van der Waals surface area contributed by atoms with E-state index in [9.17, 15) is 8.42 Å².